The van der Waals surface area contributed by atoms with Gasteiger partial charge in [0.1, 0.15) is 11.5 Å². The molecule has 0 spiro atoms. The lowest BCUT2D eigenvalue weighted by Crippen LogP contribution is -2.20. The SMILES string of the molecule is Cc1cc(C)n(CC(=O)Nc2cccc(C(N)=S)c2)n1. The van der Waals surface area contributed by atoms with Gasteiger partial charge in [0.15, 0.2) is 0 Å². The Morgan fingerprint density at radius 2 is 2.15 bits per heavy atom. The molecule has 1 amide bonds. The lowest BCUT2D eigenvalue weighted by Gasteiger charge is -2.08. The first-order valence-electron chi connectivity index (χ1n) is 6.16. The number of aromatic nitrogens is 2. The number of hydrogen-bond donors (Lipinski definition) is 2. The van der Waals surface area contributed by atoms with Gasteiger partial charge in [-0.3, -0.25) is 9.48 Å². The molecule has 20 heavy (non-hydrogen) atoms. The van der Waals surface area contributed by atoms with E-state index in [0.29, 0.717) is 10.7 Å². The van der Waals surface area contributed by atoms with Gasteiger partial charge in [0.2, 0.25) is 5.91 Å². The molecule has 0 aliphatic rings. The minimum absolute atomic E-state index is 0.142. The number of nitrogens with zero attached hydrogens (tertiary/aromatic N) is 2. The van der Waals surface area contributed by atoms with Crippen molar-refractivity contribution < 1.29 is 4.79 Å². The molecule has 1 aromatic heterocycles. The molecule has 0 atom stereocenters. The maximum Gasteiger partial charge on any atom is 0.246 e. The van der Waals surface area contributed by atoms with E-state index in [1.54, 1.807) is 28.9 Å². The van der Waals surface area contributed by atoms with E-state index in [0.717, 1.165) is 17.0 Å². The number of amides is 1. The van der Waals surface area contributed by atoms with Crippen molar-refractivity contribution >= 4 is 28.8 Å². The number of aryl methyl sites for hydroxylation is 2. The van der Waals surface area contributed by atoms with Gasteiger partial charge in [-0.05, 0) is 32.0 Å². The van der Waals surface area contributed by atoms with Crippen molar-refractivity contribution in [3.8, 4) is 0 Å². The zero-order chi connectivity index (χ0) is 14.7. The topological polar surface area (TPSA) is 72.9 Å². The van der Waals surface area contributed by atoms with Crippen LogP contribution in [0.2, 0.25) is 0 Å². The molecule has 0 fully saturated rings. The van der Waals surface area contributed by atoms with E-state index >= 15 is 0 Å². The van der Waals surface area contributed by atoms with Crippen molar-refractivity contribution in [1.82, 2.24) is 9.78 Å². The summed E-state index contributed by atoms with van der Waals surface area (Å²) < 4.78 is 1.67. The summed E-state index contributed by atoms with van der Waals surface area (Å²) in [4.78, 5) is 12.3. The first-order chi connectivity index (χ1) is 9.45. The molecule has 1 aromatic carbocycles. The summed E-state index contributed by atoms with van der Waals surface area (Å²) in [5.74, 6) is -0.142. The molecule has 2 aromatic rings. The van der Waals surface area contributed by atoms with Gasteiger partial charge in [0.05, 0.1) is 5.69 Å². The summed E-state index contributed by atoms with van der Waals surface area (Å²) in [5.41, 5.74) is 8.81. The summed E-state index contributed by atoms with van der Waals surface area (Å²) in [5, 5.41) is 7.06. The predicted molar refractivity (Wildman–Crippen MR) is 82.7 cm³/mol. The molecule has 5 nitrogen and oxygen atoms in total. The standard InChI is InChI=1S/C14H16N4OS/c1-9-6-10(2)18(17-9)8-13(19)16-12-5-3-4-11(7-12)14(15)20/h3-7H,8H2,1-2H3,(H2,15,20)(H,16,19). The molecule has 0 unspecified atom stereocenters. The van der Waals surface area contributed by atoms with Crippen LogP contribution in [0.4, 0.5) is 5.69 Å². The van der Waals surface area contributed by atoms with Crippen LogP contribution in [-0.4, -0.2) is 20.7 Å². The maximum atomic E-state index is 12.0. The fourth-order valence-corrected chi connectivity index (χ4v) is 2.05. The van der Waals surface area contributed by atoms with E-state index in [2.05, 4.69) is 10.4 Å². The summed E-state index contributed by atoms with van der Waals surface area (Å²) in [6.45, 7) is 3.99. The van der Waals surface area contributed by atoms with Crippen LogP contribution >= 0.6 is 12.2 Å². The molecular weight excluding hydrogens is 272 g/mol. The molecular formula is C14H16N4OS. The van der Waals surface area contributed by atoms with Crippen LogP contribution in [0.15, 0.2) is 30.3 Å². The van der Waals surface area contributed by atoms with Crippen LogP contribution < -0.4 is 11.1 Å². The van der Waals surface area contributed by atoms with Gasteiger partial charge in [0, 0.05) is 16.9 Å². The zero-order valence-corrected chi connectivity index (χ0v) is 12.2. The van der Waals surface area contributed by atoms with E-state index in [4.69, 9.17) is 18.0 Å². The number of thiocarbonyl (C=S) groups is 1. The number of anilines is 1. The van der Waals surface area contributed by atoms with Gasteiger partial charge in [-0.2, -0.15) is 5.10 Å². The van der Waals surface area contributed by atoms with Gasteiger partial charge < -0.3 is 11.1 Å². The van der Waals surface area contributed by atoms with E-state index < -0.39 is 0 Å². The van der Waals surface area contributed by atoms with E-state index in [1.165, 1.54) is 0 Å². The minimum Gasteiger partial charge on any atom is -0.389 e. The molecule has 6 heteroatoms. The molecule has 0 saturated carbocycles. The van der Waals surface area contributed by atoms with Gasteiger partial charge in [-0.1, -0.05) is 24.4 Å². The van der Waals surface area contributed by atoms with Crippen molar-refractivity contribution in [1.29, 1.82) is 0 Å². The largest absolute Gasteiger partial charge is 0.389 e. The quantitative estimate of drug-likeness (QED) is 0.841. The Bertz CT molecular complexity index is 663. The fourth-order valence-electron chi connectivity index (χ4n) is 1.92. The van der Waals surface area contributed by atoms with Crippen LogP contribution in [0.3, 0.4) is 0 Å². The number of nitrogens with one attached hydrogen (secondary N) is 1. The molecule has 0 radical (unpaired) electrons. The van der Waals surface area contributed by atoms with Crippen molar-refractivity contribution in [2.75, 3.05) is 5.32 Å². The summed E-state index contributed by atoms with van der Waals surface area (Å²) in [7, 11) is 0. The molecule has 0 saturated heterocycles. The molecule has 0 bridgehead atoms. The predicted octanol–water partition coefficient (Wildman–Crippen LogP) is 1.77. The van der Waals surface area contributed by atoms with E-state index in [-0.39, 0.29) is 12.5 Å². The Hall–Kier alpha value is -2.21. The highest BCUT2D eigenvalue weighted by atomic mass is 32.1. The highest BCUT2D eigenvalue weighted by Crippen LogP contribution is 2.11. The number of benzene rings is 1. The number of carbonyl (C=O) groups excluding carboxylic acids is 1. The average molecular weight is 288 g/mol. The fraction of sp³-hybridized carbons (Fsp3) is 0.214. The van der Waals surface area contributed by atoms with Gasteiger partial charge in [-0.25, -0.2) is 0 Å². The van der Waals surface area contributed by atoms with Crippen LogP contribution in [-0.2, 0) is 11.3 Å². The zero-order valence-electron chi connectivity index (χ0n) is 11.4. The van der Waals surface area contributed by atoms with Gasteiger partial charge in [-0.15, -0.1) is 0 Å². The molecule has 0 aliphatic heterocycles. The molecule has 0 aliphatic carbocycles. The van der Waals surface area contributed by atoms with Crippen LogP contribution in [0.25, 0.3) is 0 Å². The van der Waals surface area contributed by atoms with E-state index in [1.807, 2.05) is 19.9 Å². The third-order valence-electron chi connectivity index (χ3n) is 2.83. The molecule has 3 N–H and O–H groups in total. The Balaban J connectivity index is 2.06. The number of nitrogens with two attached hydrogens (primary N) is 1. The molecule has 1 heterocycles. The van der Waals surface area contributed by atoms with Gasteiger partial charge in [0.25, 0.3) is 0 Å². The maximum absolute atomic E-state index is 12.0. The first kappa shape index (κ1) is 14.2. The summed E-state index contributed by atoms with van der Waals surface area (Å²) in [6, 6.07) is 9.08. The Kier molecular flexibility index (Phi) is 4.14. The Morgan fingerprint density at radius 3 is 2.75 bits per heavy atom. The lowest BCUT2D eigenvalue weighted by atomic mass is 10.2. The average Bonchev–Trinajstić information content (AvgIpc) is 2.67. The number of hydrogen-bond acceptors (Lipinski definition) is 3. The van der Waals surface area contributed by atoms with E-state index in [9.17, 15) is 4.79 Å². The molecule has 2 rings (SSSR count). The highest BCUT2D eigenvalue weighted by molar-refractivity contribution is 7.80. The van der Waals surface area contributed by atoms with Crippen molar-refractivity contribution in [2.24, 2.45) is 5.73 Å². The lowest BCUT2D eigenvalue weighted by molar-refractivity contribution is -0.116. The van der Waals surface area contributed by atoms with Crippen molar-refractivity contribution in [2.45, 2.75) is 20.4 Å². The number of carbonyl (C=O) groups is 1. The molecule has 104 valence electrons. The van der Waals surface area contributed by atoms with Crippen LogP contribution in [0.1, 0.15) is 17.0 Å². The minimum atomic E-state index is -0.142. The second-order valence-electron chi connectivity index (χ2n) is 4.58. The monoisotopic (exact) mass is 288 g/mol. The van der Waals surface area contributed by atoms with Crippen molar-refractivity contribution in [3.63, 3.8) is 0 Å². The smallest absolute Gasteiger partial charge is 0.246 e. The third-order valence-corrected chi connectivity index (χ3v) is 3.06. The van der Waals surface area contributed by atoms with Gasteiger partial charge >= 0.3 is 0 Å². The van der Waals surface area contributed by atoms with Crippen LogP contribution in [0.5, 0.6) is 0 Å². The highest BCUT2D eigenvalue weighted by Gasteiger charge is 2.08. The second kappa shape index (κ2) is 5.83. The first-order valence-corrected chi connectivity index (χ1v) is 6.57. The summed E-state index contributed by atoms with van der Waals surface area (Å²) in [6.07, 6.45) is 0. The number of rotatable bonds is 4. The Labute approximate surface area is 122 Å². The van der Waals surface area contributed by atoms with Crippen molar-refractivity contribution in [3.05, 3.63) is 47.3 Å². The Morgan fingerprint density at radius 1 is 1.40 bits per heavy atom. The third kappa shape index (κ3) is 3.42. The normalized spacial score (nSPS) is 10.3. The second-order valence-corrected chi connectivity index (χ2v) is 5.02. The summed E-state index contributed by atoms with van der Waals surface area (Å²) >= 11 is 4.91. The van der Waals surface area contributed by atoms with Crippen LogP contribution in [0, 0.1) is 13.8 Å².